The molecule has 3 aromatic rings. The lowest BCUT2D eigenvalue weighted by molar-refractivity contribution is -0.438. The first kappa shape index (κ1) is 52.4. The molecule has 2 aliphatic heterocycles. The molecule has 3 aliphatic rings. The van der Waals surface area contributed by atoms with E-state index in [2.05, 4.69) is 0 Å². The quantitative estimate of drug-likeness (QED) is 0.0607. The summed E-state index contributed by atoms with van der Waals surface area (Å²) in [4.78, 5) is 12.5. The highest BCUT2D eigenvalue weighted by Gasteiger charge is 2.46. The first-order valence-electron chi connectivity index (χ1n) is 21.8. The monoisotopic (exact) mass is 1020 g/mol. The second-order valence-corrected chi connectivity index (χ2v) is 24.9. The molecule has 0 amide bonds. The third-order valence-electron chi connectivity index (χ3n) is 13.0. The van der Waals surface area contributed by atoms with Crippen LogP contribution in [0.2, 0.25) is 0 Å². The number of aryl methyl sites for hydroxylation is 1. The standard InChI is InChI=1S/C47H56N2O15S4/c1-30(65(52,53)54)24-26-48-40-19-17-36(67(58,59)60)28-38(40)46(3,4)42(48)21-13-33-8-7-9-34(45(33)64-35-15-10-32(11-16-35)12-23-44(50)51)14-22-43-47(5,6)39-29-37(68(61,62)63)18-20-41(39)49(43)27-25-31(2)66(55,56)57/h10-11,13-22,28-31H,7-9,12,23-27H2,1-6H3,(H4-,50,51,52,53,54,55,56,57,58,59,60,61,62,63)/p+1. The van der Waals surface area contributed by atoms with E-state index in [1.807, 2.05) is 61.5 Å². The molecular formula is C47H57N2O15S4+. The van der Waals surface area contributed by atoms with E-state index in [-0.39, 0.29) is 42.1 Å². The summed E-state index contributed by atoms with van der Waals surface area (Å²) in [6.45, 7) is 10.5. The minimum absolute atomic E-state index is 0.00982. The maximum atomic E-state index is 12.3. The van der Waals surface area contributed by atoms with Gasteiger partial charge in [0.1, 0.15) is 11.5 Å². The van der Waals surface area contributed by atoms with Crippen molar-refractivity contribution in [1.29, 1.82) is 0 Å². The predicted molar refractivity (Wildman–Crippen MR) is 256 cm³/mol. The number of carbonyl (C=O) groups is 1. The van der Waals surface area contributed by atoms with Gasteiger partial charge in [-0.1, -0.05) is 32.1 Å². The highest BCUT2D eigenvalue weighted by atomic mass is 32.2. The van der Waals surface area contributed by atoms with Crippen LogP contribution in [0.1, 0.15) is 96.8 Å². The Morgan fingerprint density at radius 3 is 1.93 bits per heavy atom. The summed E-state index contributed by atoms with van der Waals surface area (Å²) in [5, 5.41) is 6.98. The average Bonchev–Trinajstić information content (AvgIpc) is 3.58. The van der Waals surface area contributed by atoms with Crippen LogP contribution < -0.4 is 9.64 Å². The number of aliphatic carboxylic acids is 1. The Hall–Kier alpha value is -5.00. The number of carboxylic acids is 1. The second kappa shape index (κ2) is 19.4. The predicted octanol–water partition coefficient (Wildman–Crippen LogP) is 7.59. The molecule has 368 valence electrons. The molecule has 3 aromatic carbocycles. The van der Waals surface area contributed by atoms with Gasteiger partial charge >= 0.3 is 5.97 Å². The molecule has 0 spiro atoms. The number of ether oxygens (including phenoxy) is 1. The van der Waals surface area contributed by atoms with Crippen molar-refractivity contribution in [3.63, 3.8) is 0 Å². The largest absolute Gasteiger partial charge is 0.481 e. The second-order valence-electron chi connectivity index (χ2n) is 18.4. The molecule has 0 bridgehead atoms. The van der Waals surface area contributed by atoms with Crippen molar-refractivity contribution in [3.05, 3.63) is 124 Å². The molecule has 5 N–H and O–H groups in total. The van der Waals surface area contributed by atoms with E-state index in [1.54, 1.807) is 36.4 Å². The van der Waals surface area contributed by atoms with Gasteiger partial charge in [-0.15, -0.1) is 0 Å². The van der Waals surface area contributed by atoms with E-state index in [9.17, 15) is 61.8 Å². The number of benzene rings is 3. The highest BCUT2D eigenvalue weighted by molar-refractivity contribution is 7.87. The Morgan fingerprint density at radius 2 is 1.34 bits per heavy atom. The molecule has 0 radical (unpaired) electrons. The summed E-state index contributed by atoms with van der Waals surface area (Å²) in [5.41, 5.74) is 4.03. The smallest absolute Gasteiger partial charge is 0.303 e. The number of hydrogen-bond acceptors (Lipinski definition) is 11. The number of anilines is 1. The molecular weight excluding hydrogens is 961 g/mol. The number of rotatable bonds is 18. The number of hydrogen-bond donors (Lipinski definition) is 5. The third kappa shape index (κ3) is 11.5. The Kier molecular flexibility index (Phi) is 15.0. The van der Waals surface area contributed by atoms with Crippen molar-refractivity contribution in [3.8, 4) is 5.75 Å². The Balaban J connectivity index is 1.51. The van der Waals surface area contributed by atoms with Gasteiger partial charge < -0.3 is 14.7 Å². The maximum absolute atomic E-state index is 12.3. The topological polar surface area (TPSA) is 270 Å². The lowest BCUT2D eigenvalue weighted by Gasteiger charge is -2.28. The first-order valence-corrected chi connectivity index (χ1v) is 27.7. The van der Waals surface area contributed by atoms with Gasteiger partial charge in [-0.05, 0) is 137 Å². The van der Waals surface area contributed by atoms with Gasteiger partial charge in [0.2, 0.25) is 5.69 Å². The number of carboxylic acid groups (broad SMARTS) is 1. The molecule has 17 nitrogen and oxygen atoms in total. The zero-order valence-corrected chi connectivity index (χ0v) is 41.7. The first-order chi connectivity index (χ1) is 31.4. The van der Waals surface area contributed by atoms with Crippen LogP contribution in [0.4, 0.5) is 11.4 Å². The molecule has 0 fully saturated rings. The summed E-state index contributed by atoms with van der Waals surface area (Å²) in [6, 6.07) is 15.4. The van der Waals surface area contributed by atoms with Crippen LogP contribution in [0.15, 0.2) is 117 Å². The Bertz CT molecular complexity index is 3130. The zero-order valence-electron chi connectivity index (χ0n) is 38.4. The van der Waals surface area contributed by atoms with Crippen LogP contribution in [-0.2, 0) is 62.5 Å². The summed E-state index contributed by atoms with van der Waals surface area (Å²) < 4.78 is 145. The molecule has 2 atom stereocenters. The summed E-state index contributed by atoms with van der Waals surface area (Å²) in [5.74, 6) is -0.0172. The fourth-order valence-corrected chi connectivity index (χ4v) is 10.7. The minimum atomic E-state index is -4.59. The molecule has 2 heterocycles. The van der Waals surface area contributed by atoms with E-state index >= 15 is 0 Å². The maximum Gasteiger partial charge on any atom is 0.303 e. The van der Waals surface area contributed by atoms with Gasteiger partial charge in [0.15, 0.2) is 12.3 Å². The van der Waals surface area contributed by atoms with Crippen LogP contribution in [0, 0.1) is 0 Å². The molecule has 6 rings (SSSR count). The lowest BCUT2D eigenvalue weighted by atomic mass is 9.81. The molecule has 1 aliphatic carbocycles. The summed E-state index contributed by atoms with van der Waals surface area (Å²) in [7, 11) is -17.9. The van der Waals surface area contributed by atoms with Crippen LogP contribution >= 0.6 is 0 Å². The van der Waals surface area contributed by atoms with Gasteiger partial charge in [0.25, 0.3) is 40.5 Å². The average molecular weight is 1020 g/mol. The van der Waals surface area contributed by atoms with Crippen LogP contribution in [0.25, 0.3) is 0 Å². The van der Waals surface area contributed by atoms with Crippen molar-refractivity contribution < 1.29 is 71.1 Å². The molecule has 21 heteroatoms. The van der Waals surface area contributed by atoms with Crippen molar-refractivity contribution >= 4 is 63.5 Å². The molecule has 0 saturated carbocycles. The van der Waals surface area contributed by atoms with Gasteiger partial charge in [-0.2, -0.15) is 38.2 Å². The van der Waals surface area contributed by atoms with E-state index in [1.165, 1.54) is 38.1 Å². The third-order valence-corrected chi connectivity index (χ3v) is 17.2. The number of fused-ring (bicyclic) bond motifs is 2. The van der Waals surface area contributed by atoms with Crippen molar-refractivity contribution in [1.82, 2.24) is 0 Å². The van der Waals surface area contributed by atoms with Crippen molar-refractivity contribution in [2.75, 3.05) is 18.0 Å². The normalized spacial score (nSPS) is 19.5. The van der Waals surface area contributed by atoms with Gasteiger partial charge in [-0.25, -0.2) is 0 Å². The van der Waals surface area contributed by atoms with Crippen molar-refractivity contribution in [2.24, 2.45) is 0 Å². The molecule has 0 aromatic heterocycles. The van der Waals surface area contributed by atoms with Crippen molar-refractivity contribution in [2.45, 2.75) is 118 Å². The van der Waals surface area contributed by atoms with E-state index in [4.69, 9.17) is 4.74 Å². The van der Waals surface area contributed by atoms with Crippen LogP contribution in [-0.4, -0.2) is 96.8 Å². The summed E-state index contributed by atoms with van der Waals surface area (Å²) in [6.07, 6.45) is 9.41. The lowest BCUT2D eigenvalue weighted by Crippen LogP contribution is -2.30. The summed E-state index contributed by atoms with van der Waals surface area (Å²) >= 11 is 0. The van der Waals surface area contributed by atoms with E-state index < -0.39 is 67.8 Å². The van der Waals surface area contributed by atoms with Crippen LogP contribution in [0.5, 0.6) is 5.75 Å². The van der Waals surface area contributed by atoms with Gasteiger partial charge in [-0.3, -0.25) is 23.0 Å². The fourth-order valence-electron chi connectivity index (χ4n) is 8.84. The number of nitrogens with zero attached hydrogens (tertiary/aromatic N) is 2. The SMILES string of the molecule is CC(CCN1/C(=C/C=C2\CCCC(/C=C/C3=[N+](CCC(C)S(=O)(=O)O)c4ccc(S(=O)(=O)O)cc4C3(C)C)=C2Oc2ccc(CCC(=O)O)cc2)C(C)(C)c2cc(S(=O)(=O)O)ccc21)S(=O)(=O)O. The number of allylic oxidation sites excluding steroid dienone is 7. The van der Waals surface area contributed by atoms with E-state index in [0.717, 1.165) is 16.7 Å². The molecule has 68 heavy (non-hydrogen) atoms. The molecule has 0 saturated heterocycles. The zero-order chi connectivity index (χ0) is 50.4. The van der Waals surface area contributed by atoms with Gasteiger partial charge in [0, 0.05) is 53.9 Å². The van der Waals surface area contributed by atoms with Gasteiger partial charge in [0.05, 0.1) is 25.7 Å². The van der Waals surface area contributed by atoms with Crippen LogP contribution in [0.3, 0.4) is 0 Å². The fraction of sp³-hybridized carbons (Fsp3) is 0.404. The minimum Gasteiger partial charge on any atom is -0.481 e. The van der Waals surface area contributed by atoms with E-state index in [0.29, 0.717) is 71.1 Å². The Labute approximate surface area is 398 Å². The Morgan fingerprint density at radius 1 is 0.750 bits per heavy atom. The highest BCUT2D eigenvalue weighted by Crippen LogP contribution is 2.49. The molecule has 2 unspecified atom stereocenters.